The van der Waals surface area contributed by atoms with Crippen molar-refractivity contribution in [1.82, 2.24) is 9.80 Å². The van der Waals surface area contributed by atoms with E-state index in [9.17, 15) is 0 Å². The Kier molecular flexibility index (Phi) is 15.7. The van der Waals surface area contributed by atoms with Gasteiger partial charge in [-0.25, -0.2) is 0 Å². The van der Waals surface area contributed by atoms with Crippen LogP contribution < -0.4 is 0 Å². The fraction of sp³-hybridized carbons (Fsp3) is 1.00. The third kappa shape index (κ3) is 11.6. The van der Waals surface area contributed by atoms with Crippen LogP contribution in [-0.4, -0.2) is 42.6 Å². The first-order chi connectivity index (χ1) is 12.8. The Balaban J connectivity index is 1.81. The van der Waals surface area contributed by atoms with Crippen LogP contribution in [0, 0.1) is 0 Å². The molecule has 1 heterocycles. The molecule has 0 spiro atoms. The number of hydrogen-bond acceptors (Lipinski definition) is 2. The molecule has 1 rings (SSSR count). The first-order valence-electron chi connectivity index (χ1n) is 12.2. The summed E-state index contributed by atoms with van der Waals surface area (Å²) in [5.74, 6) is 0. The van der Waals surface area contributed by atoms with Crippen LogP contribution in [-0.2, 0) is 0 Å². The van der Waals surface area contributed by atoms with Crippen LogP contribution in [0.5, 0.6) is 0 Å². The Morgan fingerprint density at radius 3 is 1.50 bits per heavy atom. The standard InChI is InChI=1S/C24H50N2/c1-4-6-7-8-9-10-11-12-13-14-15-16-17-18-19-20-24-25(3)22-23-26(24)21-5-2/h24H,4-23H2,1-3H3. The molecular formula is C24H50N2. The van der Waals surface area contributed by atoms with Crippen molar-refractivity contribution in [1.29, 1.82) is 0 Å². The average Bonchev–Trinajstić information content (AvgIpc) is 2.98. The molecular weight excluding hydrogens is 316 g/mol. The summed E-state index contributed by atoms with van der Waals surface area (Å²) in [6, 6.07) is 0. The summed E-state index contributed by atoms with van der Waals surface area (Å²) < 4.78 is 0. The quantitative estimate of drug-likeness (QED) is 0.236. The maximum Gasteiger partial charge on any atom is 0.0620 e. The molecule has 0 aromatic rings. The van der Waals surface area contributed by atoms with Crippen molar-refractivity contribution in [3.8, 4) is 0 Å². The lowest BCUT2D eigenvalue weighted by Gasteiger charge is -2.27. The van der Waals surface area contributed by atoms with Crippen LogP contribution >= 0.6 is 0 Å². The van der Waals surface area contributed by atoms with Crippen LogP contribution in [0.15, 0.2) is 0 Å². The van der Waals surface area contributed by atoms with Gasteiger partial charge in [-0.15, -0.1) is 0 Å². The van der Waals surface area contributed by atoms with E-state index in [2.05, 4.69) is 30.7 Å². The third-order valence-corrected chi connectivity index (χ3v) is 6.25. The van der Waals surface area contributed by atoms with E-state index < -0.39 is 0 Å². The van der Waals surface area contributed by atoms with Crippen molar-refractivity contribution in [2.45, 2.75) is 129 Å². The molecule has 1 unspecified atom stereocenters. The highest BCUT2D eigenvalue weighted by atomic mass is 15.4. The predicted molar refractivity (Wildman–Crippen MR) is 118 cm³/mol. The van der Waals surface area contributed by atoms with Gasteiger partial charge >= 0.3 is 0 Å². The lowest BCUT2D eigenvalue weighted by Crippen LogP contribution is -2.37. The Morgan fingerprint density at radius 2 is 1.04 bits per heavy atom. The zero-order chi connectivity index (χ0) is 18.9. The SMILES string of the molecule is CCCCCCCCCCCCCCCCCC1N(C)CCN1CCC. The summed E-state index contributed by atoms with van der Waals surface area (Å²) in [5.41, 5.74) is 0. The lowest BCUT2D eigenvalue weighted by molar-refractivity contribution is 0.145. The van der Waals surface area contributed by atoms with Gasteiger partial charge in [0.25, 0.3) is 0 Å². The van der Waals surface area contributed by atoms with Crippen LogP contribution in [0.25, 0.3) is 0 Å². The van der Waals surface area contributed by atoms with Gasteiger partial charge in [-0.2, -0.15) is 0 Å². The Morgan fingerprint density at radius 1 is 0.577 bits per heavy atom. The van der Waals surface area contributed by atoms with Crippen molar-refractivity contribution in [3.05, 3.63) is 0 Å². The molecule has 156 valence electrons. The van der Waals surface area contributed by atoms with Crippen molar-refractivity contribution in [2.75, 3.05) is 26.7 Å². The zero-order valence-corrected chi connectivity index (χ0v) is 18.6. The fourth-order valence-corrected chi connectivity index (χ4v) is 4.51. The molecule has 0 amide bonds. The molecule has 0 saturated carbocycles. The molecule has 0 aliphatic carbocycles. The van der Waals surface area contributed by atoms with Crippen LogP contribution in [0.3, 0.4) is 0 Å². The van der Waals surface area contributed by atoms with Crippen LogP contribution in [0.1, 0.15) is 123 Å². The van der Waals surface area contributed by atoms with Gasteiger partial charge in [-0.3, -0.25) is 9.80 Å². The third-order valence-electron chi connectivity index (χ3n) is 6.25. The monoisotopic (exact) mass is 366 g/mol. The molecule has 1 fully saturated rings. The first kappa shape index (κ1) is 24.0. The normalized spacial score (nSPS) is 18.8. The van der Waals surface area contributed by atoms with E-state index in [1.54, 1.807) is 0 Å². The number of likely N-dealkylation sites (N-methyl/N-ethyl adjacent to an activating group) is 1. The Labute approximate surface area is 166 Å². The molecule has 2 nitrogen and oxygen atoms in total. The van der Waals surface area contributed by atoms with Crippen molar-refractivity contribution in [3.63, 3.8) is 0 Å². The second-order valence-corrected chi connectivity index (χ2v) is 8.74. The number of rotatable bonds is 18. The lowest BCUT2D eigenvalue weighted by atomic mass is 10.0. The molecule has 1 aliphatic heterocycles. The van der Waals surface area contributed by atoms with E-state index in [1.165, 1.54) is 129 Å². The molecule has 1 aliphatic rings. The number of nitrogens with zero attached hydrogens (tertiary/aromatic N) is 2. The van der Waals surface area contributed by atoms with Gasteiger partial charge in [0, 0.05) is 13.1 Å². The smallest absolute Gasteiger partial charge is 0.0620 e. The zero-order valence-electron chi connectivity index (χ0n) is 18.6. The minimum Gasteiger partial charge on any atom is -0.290 e. The summed E-state index contributed by atoms with van der Waals surface area (Å²) in [7, 11) is 2.31. The first-order valence-corrected chi connectivity index (χ1v) is 12.2. The molecule has 1 atom stereocenters. The fourth-order valence-electron chi connectivity index (χ4n) is 4.51. The average molecular weight is 367 g/mol. The van der Waals surface area contributed by atoms with Crippen molar-refractivity contribution in [2.24, 2.45) is 0 Å². The van der Waals surface area contributed by atoms with Crippen molar-refractivity contribution < 1.29 is 0 Å². The van der Waals surface area contributed by atoms with E-state index >= 15 is 0 Å². The van der Waals surface area contributed by atoms with Gasteiger partial charge in [0.1, 0.15) is 0 Å². The van der Waals surface area contributed by atoms with E-state index in [0.717, 1.165) is 6.17 Å². The van der Waals surface area contributed by atoms with E-state index in [0.29, 0.717) is 0 Å². The highest BCUT2D eigenvalue weighted by molar-refractivity contribution is 4.79. The molecule has 0 N–H and O–H groups in total. The van der Waals surface area contributed by atoms with E-state index in [1.807, 2.05) is 0 Å². The van der Waals surface area contributed by atoms with Crippen LogP contribution in [0.4, 0.5) is 0 Å². The maximum absolute atomic E-state index is 2.70. The summed E-state index contributed by atoms with van der Waals surface area (Å²) in [5, 5.41) is 0. The number of hydrogen-bond donors (Lipinski definition) is 0. The van der Waals surface area contributed by atoms with Gasteiger partial charge in [0.05, 0.1) is 6.17 Å². The van der Waals surface area contributed by atoms with E-state index in [4.69, 9.17) is 0 Å². The highest BCUT2D eigenvalue weighted by Crippen LogP contribution is 2.20. The highest BCUT2D eigenvalue weighted by Gasteiger charge is 2.27. The predicted octanol–water partition coefficient (Wildman–Crippen LogP) is 7.23. The molecule has 0 aromatic heterocycles. The van der Waals surface area contributed by atoms with Crippen LogP contribution in [0.2, 0.25) is 0 Å². The molecule has 26 heavy (non-hydrogen) atoms. The van der Waals surface area contributed by atoms with Gasteiger partial charge in [0.15, 0.2) is 0 Å². The summed E-state index contributed by atoms with van der Waals surface area (Å²) in [6.45, 7) is 8.45. The van der Waals surface area contributed by atoms with Gasteiger partial charge in [0.2, 0.25) is 0 Å². The summed E-state index contributed by atoms with van der Waals surface area (Å²) in [6.07, 6.45) is 25.3. The van der Waals surface area contributed by atoms with Gasteiger partial charge in [-0.05, 0) is 26.4 Å². The molecule has 0 aromatic carbocycles. The number of unbranched alkanes of at least 4 members (excludes halogenated alkanes) is 14. The summed E-state index contributed by atoms with van der Waals surface area (Å²) in [4.78, 5) is 5.27. The largest absolute Gasteiger partial charge is 0.290 e. The van der Waals surface area contributed by atoms with Gasteiger partial charge in [-0.1, -0.05) is 110 Å². The Bertz CT molecular complexity index is 290. The van der Waals surface area contributed by atoms with E-state index in [-0.39, 0.29) is 0 Å². The molecule has 0 bridgehead atoms. The second-order valence-electron chi connectivity index (χ2n) is 8.74. The molecule has 1 saturated heterocycles. The minimum atomic E-state index is 0.733. The summed E-state index contributed by atoms with van der Waals surface area (Å²) >= 11 is 0. The molecule has 2 heteroatoms. The Hall–Kier alpha value is -0.0800. The second kappa shape index (κ2) is 17.0. The maximum atomic E-state index is 2.70. The minimum absolute atomic E-state index is 0.733. The topological polar surface area (TPSA) is 6.48 Å². The van der Waals surface area contributed by atoms with Crippen molar-refractivity contribution >= 4 is 0 Å². The molecule has 0 radical (unpaired) electrons. The van der Waals surface area contributed by atoms with Gasteiger partial charge < -0.3 is 0 Å².